The van der Waals surface area contributed by atoms with E-state index < -0.39 is 74.5 Å². The zero-order chi connectivity index (χ0) is 32.8. The molecule has 1 saturated carbocycles. The lowest BCUT2D eigenvalue weighted by atomic mass is 10.0. The number of hydrogen-bond acceptors (Lipinski definition) is 5. The van der Waals surface area contributed by atoms with Crippen LogP contribution in [0.3, 0.4) is 0 Å². The maximum absolute atomic E-state index is 15.1. The molecule has 3 amide bonds. The Hall–Kier alpha value is -3.85. The van der Waals surface area contributed by atoms with Gasteiger partial charge in [-0.25, -0.2) is 17.5 Å². The maximum atomic E-state index is 15.1. The first-order chi connectivity index (χ1) is 21.1. The van der Waals surface area contributed by atoms with Crippen LogP contribution in [0.1, 0.15) is 37.1 Å². The zero-order valence-electron chi connectivity index (χ0n) is 21.9. The predicted octanol–water partition coefficient (Wildman–Crippen LogP) is 8.26. The van der Waals surface area contributed by atoms with Crippen molar-refractivity contribution >= 4 is 81.1 Å². The Bertz CT molecular complexity index is 1840. The molecule has 0 radical (unpaired) electrons. The Morgan fingerprint density at radius 2 is 1.58 bits per heavy atom. The maximum Gasteiger partial charge on any atom is 0.419 e. The van der Waals surface area contributed by atoms with Gasteiger partial charge in [-0.15, -0.1) is 23.2 Å². The van der Waals surface area contributed by atoms with E-state index in [9.17, 15) is 36.3 Å². The quantitative estimate of drug-likeness (QED) is 0.133. The largest absolute Gasteiger partial charge is 0.419 e. The first kappa shape index (κ1) is 32.5. The van der Waals surface area contributed by atoms with E-state index in [0.29, 0.717) is 12.1 Å². The molecule has 2 atom stereocenters. The van der Waals surface area contributed by atoms with Crippen LogP contribution in [0.15, 0.2) is 60.8 Å². The highest BCUT2D eigenvalue weighted by molar-refractivity contribution is 7.08. The summed E-state index contributed by atoms with van der Waals surface area (Å²) >= 11 is 19.4. The van der Waals surface area contributed by atoms with Gasteiger partial charge in [0.05, 0.1) is 27.8 Å². The van der Waals surface area contributed by atoms with Crippen molar-refractivity contribution in [2.24, 2.45) is 5.92 Å². The van der Waals surface area contributed by atoms with Gasteiger partial charge < -0.3 is 16.0 Å². The molecule has 17 heteroatoms. The van der Waals surface area contributed by atoms with Gasteiger partial charge in [0.25, 0.3) is 11.8 Å². The fraction of sp³-hybridized carbons (Fsp3) is 0.143. The number of benzene rings is 3. The number of nitrogens with zero attached hydrogens (tertiary/aromatic N) is 1. The highest BCUT2D eigenvalue weighted by Gasteiger charge is 2.67. The van der Waals surface area contributed by atoms with Crippen molar-refractivity contribution in [3.8, 4) is 0 Å². The number of nitrogens with one attached hydrogen (secondary N) is 3. The number of carbonyl (C=O) groups is 3. The Balaban J connectivity index is 1.32. The molecule has 0 unspecified atom stereocenters. The minimum Gasteiger partial charge on any atom is -0.326 e. The van der Waals surface area contributed by atoms with E-state index in [1.807, 2.05) is 0 Å². The number of rotatable bonds is 7. The van der Waals surface area contributed by atoms with Crippen LogP contribution in [-0.2, 0) is 11.0 Å². The van der Waals surface area contributed by atoms with E-state index in [2.05, 4.69) is 20.3 Å². The summed E-state index contributed by atoms with van der Waals surface area (Å²) in [6, 6.07) is 8.87. The van der Waals surface area contributed by atoms with Crippen molar-refractivity contribution in [2.45, 2.75) is 16.4 Å². The molecule has 1 aliphatic carbocycles. The third-order valence-electron chi connectivity index (χ3n) is 6.71. The molecule has 1 heterocycles. The first-order valence-electron chi connectivity index (χ1n) is 12.5. The van der Waals surface area contributed by atoms with E-state index in [1.54, 1.807) is 0 Å². The first-order valence-corrected chi connectivity index (χ1v) is 14.4. The topological polar surface area (TPSA) is 100 Å². The molecule has 0 spiro atoms. The van der Waals surface area contributed by atoms with E-state index >= 15 is 4.39 Å². The molecule has 234 valence electrons. The van der Waals surface area contributed by atoms with Gasteiger partial charge in [-0.05, 0) is 65.6 Å². The van der Waals surface area contributed by atoms with Gasteiger partial charge in [-0.2, -0.15) is 13.2 Å². The van der Waals surface area contributed by atoms with Crippen LogP contribution in [0.2, 0.25) is 5.02 Å². The molecule has 3 N–H and O–H groups in total. The molecular formula is C28H15Cl3F6N4O3S. The summed E-state index contributed by atoms with van der Waals surface area (Å²) in [5.41, 5.74) is -3.29. The van der Waals surface area contributed by atoms with Gasteiger partial charge in [0, 0.05) is 17.8 Å². The Morgan fingerprint density at radius 1 is 0.867 bits per heavy atom. The molecule has 1 aromatic heterocycles. The summed E-state index contributed by atoms with van der Waals surface area (Å²) in [6.45, 7) is 0. The molecule has 1 fully saturated rings. The summed E-state index contributed by atoms with van der Waals surface area (Å²) in [5.74, 6) is -8.94. The average Bonchev–Trinajstić information content (AvgIpc) is 3.27. The van der Waals surface area contributed by atoms with Gasteiger partial charge in [0.1, 0.15) is 26.5 Å². The Labute approximate surface area is 268 Å². The second-order valence-electron chi connectivity index (χ2n) is 9.62. The molecule has 0 bridgehead atoms. The van der Waals surface area contributed by atoms with Crippen molar-refractivity contribution in [3.05, 3.63) is 105 Å². The molecule has 1 aliphatic rings. The summed E-state index contributed by atoms with van der Waals surface area (Å²) in [4.78, 5) is 38.4. The van der Waals surface area contributed by atoms with Crippen LogP contribution in [-0.4, -0.2) is 26.4 Å². The zero-order valence-corrected chi connectivity index (χ0v) is 25.0. The van der Waals surface area contributed by atoms with Gasteiger partial charge in [0.15, 0.2) is 5.82 Å². The van der Waals surface area contributed by atoms with Crippen LogP contribution in [0.25, 0.3) is 0 Å². The third-order valence-corrected chi connectivity index (χ3v) is 8.72. The molecule has 5 rings (SSSR count). The van der Waals surface area contributed by atoms with Gasteiger partial charge in [0.2, 0.25) is 5.91 Å². The van der Waals surface area contributed by atoms with Crippen LogP contribution >= 0.6 is 46.3 Å². The lowest BCUT2D eigenvalue weighted by Gasteiger charge is -2.13. The van der Waals surface area contributed by atoms with Crippen LogP contribution < -0.4 is 16.0 Å². The highest BCUT2D eigenvalue weighted by Crippen LogP contribution is 2.65. The number of amides is 3. The van der Waals surface area contributed by atoms with Crippen LogP contribution in [0.5, 0.6) is 0 Å². The minimum atomic E-state index is -5.00. The van der Waals surface area contributed by atoms with Gasteiger partial charge in [-0.3, -0.25) is 14.4 Å². The summed E-state index contributed by atoms with van der Waals surface area (Å²) in [5, 5.41) is 6.62. The van der Waals surface area contributed by atoms with Crippen LogP contribution in [0, 0.1) is 23.4 Å². The molecule has 0 aliphatic heterocycles. The van der Waals surface area contributed by atoms with Crippen molar-refractivity contribution in [2.75, 3.05) is 16.0 Å². The second kappa shape index (κ2) is 12.2. The normalized spacial score (nSPS) is 17.0. The number of alkyl halides is 5. The summed E-state index contributed by atoms with van der Waals surface area (Å²) < 4.78 is 84.8. The fourth-order valence-corrected chi connectivity index (χ4v) is 6.00. The summed E-state index contributed by atoms with van der Waals surface area (Å²) in [6.07, 6.45) is -3.67. The number of halogens is 9. The van der Waals surface area contributed by atoms with E-state index in [4.69, 9.17) is 34.8 Å². The molecule has 7 nitrogen and oxygen atoms in total. The highest BCUT2D eigenvalue weighted by atomic mass is 35.5. The minimum absolute atomic E-state index is 0.0171. The third kappa shape index (κ3) is 6.59. The molecule has 4 aromatic rings. The van der Waals surface area contributed by atoms with Crippen molar-refractivity contribution < 1.29 is 40.7 Å². The lowest BCUT2D eigenvalue weighted by molar-refractivity contribution is -0.140. The smallest absolute Gasteiger partial charge is 0.326 e. The standard InChI is InChI=1S/C28H15Cl3F6N4O3S/c29-15-3-2-12(39-26(44)21-20(27(21,30)31)11-1-4-16(32)14(9-11)28(35,36)37)10-13(15)24(42)40-18-6-5-17(33)23(22(18)34)41-25(43)19-7-8-38-45-19/h1-10,20-21H,(H,39,44)(H,40,42)(H,41,43)/t20-,21+/m0/s1. The molecule has 0 saturated heterocycles. The van der Waals surface area contributed by atoms with E-state index in [-0.39, 0.29) is 26.7 Å². The van der Waals surface area contributed by atoms with Gasteiger partial charge >= 0.3 is 6.18 Å². The number of carbonyl (C=O) groups excluding carboxylic acids is 3. The van der Waals surface area contributed by atoms with E-state index in [1.165, 1.54) is 24.4 Å². The molecule has 3 aromatic carbocycles. The van der Waals surface area contributed by atoms with Gasteiger partial charge in [-0.1, -0.05) is 17.7 Å². The fourth-order valence-electron chi connectivity index (χ4n) is 4.48. The van der Waals surface area contributed by atoms with Crippen molar-refractivity contribution in [3.63, 3.8) is 0 Å². The number of aromatic nitrogens is 1. The SMILES string of the molecule is O=C(Nc1c(F)ccc(NC(=O)c2cc(NC(=O)[C@H]3[C@H](c4ccc(F)c(C(F)(F)F)c4)C3(Cl)Cl)ccc2Cl)c1F)c1ccns1. The number of anilines is 3. The molecule has 45 heavy (non-hydrogen) atoms. The monoisotopic (exact) mass is 706 g/mol. The average molecular weight is 708 g/mol. The van der Waals surface area contributed by atoms with Crippen LogP contribution in [0.4, 0.5) is 43.4 Å². The predicted molar refractivity (Wildman–Crippen MR) is 157 cm³/mol. The Morgan fingerprint density at radius 3 is 2.24 bits per heavy atom. The second-order valence-corrected chi connectivity index (χ2v) is 12.3. The van der Waals surface area contributed by atoms with Crippen molar-refractivity contribution in [1.29, 1.82) is 0 Å². The number of hydrogen-bond donors (Lipinski definition) is 3. The molecular weight excluding hydrogens is 693 g/mol. The van der Waals surface area contributed by atoms with E-state index in [0.717, 1.165) is 35.8 Å². The Kier molecular flexibility index (Phi) is 8.79. The summed E-state index contributed by atoms with van der Waals surface area (Å²) in [7, 11) is 0. The van der Waals surface area contributed by atoms with Crippen molar-refractivity contribution in [1.82, 2.24) is 4.37 Å². The lowest BCUT2D eigenvalue weighted by Crippen LogP contribution is -2.19.